The average molecular weight is 248 g/mol. The Morgan fingerprint density at radius 3 is 2.69 bits per heavy atom. The SMILES string of the molecule is CN(CCS(C)(=O)=O)c1nc(C(=O)O)co1. The summed E-state index contributed by atoms with van der Waals surface area (Å²) in [4.78, 5) is 15.6. The minimum absolute atomic E-state index is 0.0473. The summed E-state index contributed by atoms with van der Waals surface area (Å²) in [5, 5.41) is 8.60. The molecule has 16 heavy (non-hydrogen) atoms. The molecule has 0 radical (unpaired) electrons. The Labute approximate surface area is 92.6 Å². The second-order valence-electron chi connectivity index (χ2n) is 3.37. The molecule has 1 N–H and O–H groups in total. The van der Waals surface area contributed by atoms with Crippen LogP contribution in [0.2, 0.25) is 0 Å². The van der Waals surface area contributed by atoms with Crippen LogP contribution < -0.4 is 4.90 Å². The molecule has 0 aliphatic carbocycles. The first-order chi connectivity index (χ1) is 7.29. The number of nitrogens with zero attached hydrogens (tertiary/aromatic N) is 2. The monoisotopic (exact) mass is 248 g/mol. The van der Waals surface area contributed by atoms with Crippen molar-refractivity contribution in [1.29, 1.82) is 0 Å². The van der Waals surface area contributed by atoms with E-state index in [9.17, 15) is 13.2 Å². The molecule has 1 aromatic heterocycles. The summed E-state index contributed by atoms with van der Waals surface area (Å²) in [5.41, 5.74) is -0.207. The number of anilines is 1. The predicted octanol–water partition coefficient (Wildman–Crippen LogP) is -0.146. The van der Waals surface area contributed by atoms with Gasteiger partial charge in [0.2, 0.25) is 0 Å². The highest BCUT2D eigenvalue weighted by molar-refractivity contribution is 7.90. The normalized spacial score (nSPS) is 11.4. The van der Waals surface area contributed by atoms with Crippen molar-refractivity contribution in [2.75, 3.05) is 30.5 Å². The molecule has 0 fully saturated rings. The second kappa shape index (κ2) is 4.52. The molecule has 0 atom stereocenters. The second-order valence-corrected chi connectivity index (χ2v) is 5.63. The van der Waals surface area contributed by atoms with Crippen molar-refractivity contribution in [2.45, 2.75) is 0 Å². The summed E-state index contributed by atoms with van der Waals surface area (Å²) in [5.74, 6) is -1.24. The van der Waals surface area contributed by atoms with Gasteiger partial charge in [-0.15, -0.1) is 0 Å². The molecule has 0 aromatic carbocycles. The lowest BCUT2D eigenvalue weighted by Gasteiger charge is -2.12. The van der Waals surface area contributed by atoms with Crippen molar-refractivity contribution >= 4 is 21.8 Å². The third-order valence-corrected chi connectivity index (χ3v) is 2.76. The van der Waals surface area contributed by atoms with E-state index in [0.29, 0.717) is 0 Å². The molecule has 0 saturated carbocycles. The number of carboxylic acids is 1. The Kier molecular flexibility index (Phi) is 3.53. The van der Waals surface area contributed by atoms with E-state index in [-0.39, 0.29) is 24.0 Å². The zero-order chi connectivity index (χ0) is 12.3. The van der Waals surface area contributed by atoms with Gasteiger partial charge < -0.3 is 14.4 Å². The van der Waals surface area contributed by atoms with Gasteiger partial charge in [0.1, 0.15) is 16.1 Å². The molecular formula is C8H12N2O5S. The van der Waals surface area contributed by atoms with Crippen molar-refractivity contribution in [1.82, 2.24) is 4.98 Å². The lowest BCUT2D eigenvalue weighted by Crippen LogP contribution is -2.25. The van der Waals surface area contributed by atoms with Gasteiger partial charge >= 0.3 is 5.97 Å². The maximum Gasteiger partial charge on any atom is 0.357 e. The minimum atomic E-state index is -3.06. The molecule has 7 nitrogen and oxygen atoms in total. The Hall–Kier alpha value is -1.57. The molecule has 1 rings (SSSR count). The van der Waals surface area contributed by atoms with Gasteiger partial charge in [-0.2, -0.15) is 4.98 Å². The summed E-state index contributed by atoms with van der Waals surface area (Å²) in [6, 6.07) is 0.0843. The van der Waals surface area contributed by atoms with Crippen LogP contribution in [0.1, 0.15) is 10.5 Å². The standard InChI is InChI=1S/C8H12N2O5S/c1-10(3-4-16(2,13)14)8-9-6(5-15-8)7(11)12/h5H,3-4H2,1-2H3,(H,11,12). The van der Waals surface area contributed by atoms with Gasteiger partial charge in [0.05, 0.1) is 5.75 Å². The number of oxazole rings is 1. The zero-order valence-electron chi connectivity index (χ0n) is 8.87. The largest absolute Gasteiger partial charge is 0.476 e. The Balaban J connectivity index is 2.66. The molecule has 8 heteroatoms. The topological polar surface area (TPSA) is 101 Å². The molecule has 0 amide bonds. The lowest BCUT2D eigenvalue weighted by atomic mass is 10.5. The molecule has 0 saturated heterocycles. The molecule has 1 aromatic rings. The minimum Gasteiger partial charge on any atom is -0.476 e. The van der Waals surface area contributed by atoms with Crippen LogP contribution in [0.3, 0.4) is 0 Å². The average Bonchev–Trinajstić information content (AvgIpc) is 2.61. The quantitative estimate of drug-likeness (QED) is 0.773. The number of aromatic nitrogens is 1. The number of aromatic carboxylic acids is 1. The van der Waals surface area contributed by atoms with Crippen LogP contribution in [0, 0.1) is 0 Å². The van der Waals surface area contributed by atoms with Gasteiger partial charge in [0.25, 0.3) is 6.01 Å². The summed E-state index contributed by atoms with van der Waals surface area (Å²) in [6.45, 7) is 0.193. The molecule has 0 unspecified atom stereocenters. The first-order valence-corrected chi connectivity index (χ1v) is 6.43. The number of hydrogen-bond donors (Lipinski definition) is 1. The van der Waals surface area contributed by atoms with Crippen LogP contribution in [0.25, 0.3) is 0 Å². The van der Waals surface area contributed by atoms with Crippen molar-refractivity contribution in [3.05, 3.63) is 12.0 Å². The predicted molar refractivity (Wildman–Crippen MR) is 56.4 cm³/mol. The highest BCUT2D eigenvalue weighted by Gasteiger charge is 2.14. The molecule has 90 valence electrons. The molecule has 0 spiro atoms. The zero-order valence-corrected chi connectivity index (χ0v) is 9.69. The van der Waals surface area contributed by atoms with E-state index in [1.165, 1.54) is 4.90 Å². The molecule has 0 aliphatic rings. The van der Waals surface area contributed by atoms with Crippen molar-refractivity contribution in [3.8, 4) is 0 Å². The first-order valence-electron chi connectivity index (χ1n) is 4.37. The van der Waals surface area contributed by atoms with E-state index >= 15 is 0 Å². The van der Waals surface area contributed by atoms with Crippen LogP contribution >= 0.6 is 0 Å². The Bertz CT molecular complexity index is 478. The van der Waals surface area contributed by atoms with E-state index in [0.717, 1.165) is 12.5 Å². The lowest BCUT2D eigenvalue weighted by molar-refractivity contribution is 0.0690. The van der Waals surface area contributed by atoms with Crippen LogP contribution in [0.15, 0.2) is 10.7 Å². The van der Waals surface area contributed by atoms with Crippen molar-refractivity contribution < 1.29 is 22.7 Å². The molecule has 1 heterocycles. The highest BCUT2D eigenvalue weighted by atomic mass is 32.2. The Morgan fingerprint density at radius 2 is 2.25 bits per heavy atom. The fourth-order valence-corrected chi connectivity index (χ4v) is 1.54. The van der Waals surface area contributed by atoms with E-state index < -0.39 is 15.8 Å². The smallest absolute Gasteiger partial charge is 0.357 e. The van der Waals surface area contributed by atoms with Gasteiger partial charge in [-0.05, 0) is 0 Å². The highest BCUT2D eigenvalue weighted by Crippen LogP contribution is 2.11. The molecular weight excluding hydrogens is 236 g/mol. The molecule has 0 bridgehead atoms. The van der Waals surface area contributed by atoms with Crippen LogP contribution in [0.5, 0.6) is 0 Å². The first kappa shape index (κ1) is 12.5. The Morgan fingerprint density at radius 1 is 1.62 bits per heavy atom. The van der Waals surface area contributed by atoms with Crippen LogP contribution in [-0.4, -0.2) is 50.1 Å². The van der Waals surface area contributed by atoms with Gasteiger partial charge in [0.15, 0.2) is 5.69 Å². The number of carboxylic acid groups (broad SMARTS) is 1. The summed E-state index contributed by atoms with van der Waals surface area (Å²) >= 11 is 0. The fourth-order valence-electron chi connectivity index (χ4n) is 0.936. The summed E-state index contributed by atoms with van der Waals surface area (Å²) in [6.07, 6.45) is 2.13. The number of carbonyl (C=O) groups is 1. The van der Waals surface area contributed by atoms with Gasteiger partial charge in [0, 0.05) is 19.8 Å². The van der Waals surface area contributed by atoms with Crippen molar-refractivity contribution in [2.24, 2.45) is 0 Å². The van der Waals surface area contributed by atoms with E-state index in [1.807, 2.05) is 0 Å². The van der Waals surface area contributed by atoms with Gasteiger partial charge in [-0.1, -0.05) is 0 Å². The van der Waals surface area contributed by atoms with E-state index in [2.05, 4.69) is 4.98 Å². The van der Waals surface area contributed by atoms with Crippen LogP contribution in [0.4, 0.5) is 6.01 Å². The van der Waals surface area contributed by atoms with Gasteiger partial charge in [-0.25, -0.2) is 13.2 Å². The number of hydrogen-bond acceptors (Lipinski definition) is 6. The summed E-state index contributed by atoms with van der Waals surface area (Å²) < 4.78 is 26.7. The third kappa shape index (κ3) is 3.54. The van der Waals surface area contributed by atoms with Crippen LogP contribution in [-0.2, 0) is 9.84 Å². The fraction of sp³-hybridized carbons (Fsp3) is 0.500. The summed E-state index contributed by atoms with van der Waals surface area (Å²) in [7, 11) is -1.49. The van der Waals surface area contributed by atoms with E-state index in [4.69, 9.17) is 9.52 Å². The maximum absolute atomic E-state index is 10.9. The number of sulfone groups is 1. The van der Waals surface area contributed by atoms with Crippen molar-refractivity contribution in [3.63, 3.8) is 0 Å². The van der Waals surface area contributed by atoms with Gasteiger partial charge in [-0.3, -0.25) is 0 Å². The third-order valence-electron chi connectivity index (χ3n) is 1.84. The van der Waals surface area contributed by atoms with E-state index in [1.54, 1.807) is 7.05 Å². The number of rotatable bonds is 5. The molecule has 0 aliphatic heterocycles. The maximum atomic E-state index is 10.9.